The summed E-state index contributed by atoms with van der Waals surface area (Å²) >= 11 is 0. The standard InChI is InChI=1S/C56H65FN10O5/c1-2-35-4-3-5-36-23-41(68)24-43(47(35)36)49-48(57)50-44(27-58-49)51(66-30-38-6-7-39(31-66)59-38)62-54(61-50)72-33-56(12-13-56)32-64-16-14-55(15-17-64)25-34(26-55)28-63-18-20-65(21-19-63)40-8-9-42-37(22-40)29-67(53(42)71)45-10-11-46(69)60-52(45)70/h3-5,8-9,22-24,27,34,38-39,45,59,68H,2,6-7,10-21,25-26,28-33H2,1H3,(H,60,69,70)/t38?,39?,45-/m0/s1. The number of imide groups is 1. The highest BCUT2D eigenvalue weighted by molar-refractivity contribution is 6.06. The Labute approximate surface area is 419 Å². The number of phenolic OH excluding ortho intramolecular Hbond substituents is 1. The normalized spacial score (nSPS) is 25.1. The number of likely N-dealkylation sites (tertiary alicyclic amines) is 1. The van der Waals surface area contributed by atoms with E-state index in [-0.39, 0.29) is 52.5 Å². The van der Waals surface area contributed by atoms with E-state index in [2.05, 4.69) is 43.2 Å². The lowest BCUT2D eigenvalue weighted by molar-refractivity contribution is -0.136. The van der Waals surface area contributed by atoms with Crippen molar-refractivity contribution in [3.05, 3.63) is 77.2 Å². The van der Waals surface area contributed by atoms with Crippen LogP contribution in [0.25, 0.3) is 32.9 Å². The lowest BCUT2D eigenvalue weighted by Gasteiger charge is -2.54. The SMILES string of the molecule is CCc1cccc2cc(O)cc(-c3ncc4c(N5CC6CCC(C5)N6)nc(OCC5(CN6CCC7(CC6)CC(CN6CCN(c8ccc9c(c8)CN([C@H]8CCC(=O)NC8=O)C9=O)CC6)C7)CC5)nc4c3F)c12. The first-order chi connectivity index (χ1) is 35.0. The molecule has 2 aliphatic carbocycles. The van der Waals surface area contributed by atoms with Crippen LogP contribution in [0.15, 0.2) is 54.7 Å². The van der Waals surface area contributed by atoms with Crippen LogP contribution in [0.1, 0.15) is 92.6 Å². The highest BCUT2D eigenvalue weighted by Gasteiger charge is 2.50. The third kappa shape index (κ3) is 8.40. The van der Waals surface area contributed by atoms with Gasteiger partial charge in [-0.1, -0.05) is 25.1 Å². The van der Waals surface area contributed by atoms with Gasteiger partial charge in [0.2, 0.25) is 11.8 Å². The Hall–Kier alpha value is -5.97. The van der Waals surface area contributed by atoms with E-state index in [1.807, 2.05) is 30.3 Å². The number of halogens is 1. The number of benzene rings is 3. The first-order valence-corrected chi connectivity index (χ1v) is 26.7. The maximum atomic E-state index is 17.2. The fraction of sp³-hybridized carbons (Fsp3) is 0.536. The number of anilines is 2. The molecule has 7 fully saturated rings. The number of carbonyl (C=O) groups is 3. The smallest absolute Gasteiger partial charge is 0.319 e. The number of nitrogens with zero attached hydrogens (tertiary/aromatic N) is 8. The summed E-state index contributed by atoms with van der Waals surface area (Å²) in [5.41, 5.74) is 5.20. The number of aromatic hydroxyl groups is 1. The van der Waals surface area contributed by atoms with Crippen LogP contribution in [0.2, 0.25) is 0 Å². The van der Waals surface area contributed by atoms with Gasteiger partial charge >= 0.3 is 6.01 Å². The summed E-state index contributed by atoms with van der Waals surface area (Å²) in [6, 6.07) is 15.7. The molecule has 8 heterocycles. The van der Waals surface area contributed by atoms with Crippen molar-refractivity contribution >= 4 is 50.9 Å². The predicted molar refractivity (Wildman–Crippen MR) is 273 cm³/mol. The van der Waals surface area contributed by atoms with Crippen LogP contribution >= 0.6 is 0 Å². The molecule has 13 rings (SSSR count). The molecule has 3 amide bonds. The van der Waals surface area contributed by atoms with Gasteiger partial charge in [-0.2, -0.15) is 9.97 Å². The topological polar surface area (TPSA) is 160 Å². The molecule has 5 aromatic rings. The minimum atomic E-state index is -0.598. The average molecular weight is 977 g/mol. The van der Waals surface area contributed by atoms with Crippen LogP contribution in [0, 0.1) is 22.6 Å². The summed E-state index contributed by atoms with van der Waals surface area (Å²) in [4.78, 5) is 63.7. The Morgan fingerprint density at radius 2 is 1.65 bits per heavy atom. The molecule has 3 N–H and O–H groups in total. The molecule has 1 spiro atoms. The number of aromatic nitrogens is 3. The Bertz CT molecular complexity index is 2980. The van der Waals surface area contributed by atoms with Crippen molar-refractivity contribution in [3.8, 4) is 23.0 Å². The number of piperazine rings is 2. The van der Waals surface area contributed by atoms with Crippen molar-refractivity contribution in [1.29, 1.82) is 0 Å². The van der Waals surface area contributed by atoms with E-state index in [4.69, 9.17) is 19.7 Å². The van der Waals surface area contributed by atoms with Gasteiger partial charge in [-0.3, -0.25) is 29.6 Å². The third-order valence-electron chi connectivity index (χ3n) is 18.0. The molecule has 2 bridgehead atoms. The highest BCUT2D eigenvalue weighted by Crippen LogP contribution is 2.54. The first kappa shape index (κ1) is 45.9. The second-order valence-electron chi connectivity index (χ2n) is 22.8. The fourth-order valence-corrected chi connectivity index (χ4v) is 13.9. The molecule has 72 heavy (non-hydrogen) atoms. The fourth-order valence-electron chi connectivity index (χ4n) is 13.9. The number of nitrogens with one attached hydrogen (secondary N) is 2. The van der Waals surface area contributed by atoms with E-state index >= 15 is 4.39 Å². The van der Waals surface area contributed by atoms with Gasteiger partial charge < -0.3 is 34.8 Å². The van der Waals surface area contributed by atoms with Gasteiger partial charge in [0.15, 0.2) is 5.82 Å². The molecule has 376 valence electrons. The van der Waals surface area contributed by atoms with Crippen LogP contribution in [0.3, 0.4) is 0 Å². The number of fused-ring (bicyclic) bond motifs is 5. The van der Waals surface area contributed by atoms with Gasteiger partial charge in [0.25, 0.3) is 5.91 Å². The minimum absolute atomic E-state index is 0.0355. The lowest BCUT2D eigenvalue weighted by atomic mass is 9.57. The Morgan fingerprint density at radius 3 is 2.40 bits per heavy atom. The molecular formula is C56H65FN10O5. The molecule has 2 saturated carbocycles. The summed E-state index contributed by atoms with van der Waals surface area (Å²) in [6.07, 6.45) is 12.6. The van der Waals surface area contributed by atoms with Gasteiger partial charge in [0.1, 0.15) is 28.8 Å². The summed E-state index contributed by atoms with van der Waals surface area (Å²) in [5, 5.41) is 19.2. The van der Waals surface area contributed by atoms with Crippen molar-refractivity contribution < 1.29 is 28.6 Å². The van der Waals surface area contributed by atoms with Gasteiger partial charge in [0.05, 0.1) is 12.0 Å². The summed E-state index contributed by atoms with van der Waals surface area (Å²) < 4.78 is 23.8. The second kappa shape index (κ2) is 17.9. The summed E-state index contributed by atoms with van der Waals surface area (Å²) in [5.74, 6) is 0.165. The molecule has 16 heteroatoms. The molecular weight excluding hydrogens is 912 g/mol. The molecule has 3 atom stereocenters. The van der Waals surface area contributed by atoms with Crippen LogP contribution in [-0.4, -0.2) is 143 Å². The molecule has 6 aliphatic heterocycles. The zero-order chi connectivity index (χ0) is 48.9. The van der Waals surface area contributed by atoms with Gasteiger partial charge in [-0.25, -0.2) is 4.39 Å². The van der Waals surface area contributed by atoms with Gasteiger partial charge in [-0.05, 0) is 141 Å². The molecule has 2 aromatic heterocycles. The largest absolute Gasteiger partial charge is 0.508 e. The lowest BCUT2D eigenvalue weighted by Crippen LogP contribution is -2.53. The number of ether oxygens (including phenoxy) is 1. The number of pyridine rings is 1. The number of amides is 3. The van der Waals surface area contributed by atoms with Crippen LogP contribution < -0.4 is 25.2 Å². The predicted octanol–water partition coefficient (Wildman–Crippen LogP) is 6.43. The maximum Gasteiger partial charge on any atom is 0.319 e. The summed E-state index contributed by atoms with van der Waals surface area (Å²) in [6.45, 7) is 12.8. The highest BCUT2D eigenvalue weighted by atomic mass is 19.1. The van der Waals surface area contributed by atoms with Crippen molar-refractivity contribution in [1.82, 2.24) is 40.3 Å². The quantitative estimate of drug-likeness (QED) is 0.118. The maximum absolute atomic E-state index is 17.2. The van der Waals surface area contributed by atoms with Crippen molar-refractivity contribution in [2.24, 2.45) is 16.7 Å². The molecule has 8 aliphatic rings. The van der Waals surface area contributed by atoms with Crippen LogP contribution in [0.4, 0.5) is 15.9 Å². The van der Waals surface area contributed by atoms with Gasteiger partial charge in [-0.15, -0.1) is 0 Å². The number of carbonyl (C=O) groups excluding carboxylic acids is 3. The zero-order valence-corrected chi connectivity index (χ0v) is 41.3. The van der Waals surface area contributed by atoms with Crippen LogP contribution in [-0.2, 0) is 22.6 Å². The van der Waals surface area contributed by atoms with E-state index in [1.165, 1.54) is 25.7 Å². The number of rotatable bonds is 12. The van der Waals surface area contributed by atoms with Crippen molar-refractivity contribution in [3.63, 3.8) is 0 Å². The second-order valence-corrected chi connectivity index (χ2v) is 22.8. The zero-order valence-electron chi connectivity index (χ0n) is 41.3. The van der Waals surface area contributed by atoms with E-state index in [1.54, 1.807) is 23.2 Å². The van der Waals surface area contributed by atoms with E-state index < -0.39 is 11.9 Å². The first-order valence-electron chi connectivity index (χ1n) is 26.7. The minimum Gasteiger partial charge on any atom is -0.508 e. The number of phenols is 1. The average Bonchev–Trinajstić information content (AvgIpc) is 3.95. The van der Waals surface area contributed by atoms with E-state index in [0.29, 0.717) is 59.4 Å². The number of aryl methyl sites for hydroxylation is 1. The summed E-state index contributed by atoms with van der Waals surface area (Å²) in [7, 11) is 0. The monoisotopic (exact) mass is 977 g/mol. The molecule has 2 unspecified atom stereocenters. The number of hydrogen-bond acceptors (Lipinski definition) is 13. The number of hydrogen-bond donors (Lipinski definition) is 3. The molecule has 3 aromatic carbocycles. The molecule has 0 radical (unpaired) electrons. The van der Waals surface area contributed by atoms with Crippen molar-refractivity contribution in [2.75, 3.05) is 81.9 Å². The van der Waals surface area contributed by atoms with E-state index in [0.717, 1.165) is 131 Å². The van der Waals surface area contributed by atoms with Crippen LogP contribution in [0.5, 0.6) is 11.8 Å². The third-order valence-corrected chi connectivity index (χ3v) is 18.0. The molecule has 5 saturated heterocycles. The van der Waals surface area contributed by atoms with E-state index in [9.17, 15) is 19.5 Å². The van der Waals surface area contributed by atoms with Crippen molar-refractivity contribution in [2.45, 2.75) is 102 Å². The molecule has 15 nitrogen and oxygen atoms in total. The Balaban J connectivity index is 0.622. The number of piperidine rings is 2. The van der Waals surface area contributed by atoms with Gasteiger partial charge in [0, 0.05) is 106 Å². The Morgan fingerprint density at radius 1 is 0.861 bits per heavy atom. The Kier molecular flexibility index (Phi) is 11.4.